The number of hydrogen-bond donors (Lipinski definition) is 2. The largest absolute Gasteiger partial charge is 0.383 e. The highest BCUT2D eigenvalue weighted by Crippen LogP contribution is 2.26. The van der Waals surface area contributed by atoms with Gasteiger partial charge in [-0.2, -0.15) is 10.5 Å². The molecule has 2 aromatic rings. The summed E-state index contributed by atoms with van der Waals surface area (Å²) >= 11 is 12.9. The monoisotopic (exact) mass is 405 g/mol. The van der Waals surface area contributed by atoms with E-state index in [0.29, 0.717) is 15.1 Å². The predicted octanol–water partition coefficient (Wildman–Crippen LogP) is 3.68. The lowest BCUT2D eigenvalue weighted by atomic mass is 10.1. The zero-order chi connectivity index (χ0) is 19.3. The number of nitrogens with one attached hydrogen (secondary N) is 1. The van der Waals surface area contributed by atoms with Gasteiger partial charge in [0.25, 0.3) is 0 Å². The molecule has 0 aliphatic heterocycles. The number of anilines is 1. The zero-order valence-electron chi connectivity index (χ0n) is 13.6. The topological polar surface area (TPSA) is 116 Å². The summed E-state index contributed by atoms with van der Waals surface area (Å²) in [7, 11) is 0. The molecule has 0 radical (unpaired) electrons. The Kier molecular flexibility index (Phi) is 6.70. The first-order valence-electron chi connectivity index (χ1n) is 7.33. The number of carbonyl (C=O) groups excluding carboxylic acids is 1. The van der Waals surface area contributed by atoms with Crippen molar-refractivity contribution in [3.63, 3.8) is 0 Å². The first-order chi connectivity index (χ1) is 12.3. The molecule has 1 amide bonds. The van der Waals surface area contributed by atoms with Gasteiger partial charge in [-0.15, -0.1) is 0 Å². The van der Waals surface area contributed by atoms with Gasteiger partial charge < -0.3 is 11.1 Å². The highest BCUT2D eigenvalue weighted by Gasteiger charge is 2.15. The zero-order valence-corrected chi connectivity index (χ0v) is 15.9. The lowest BCUT2D eigenvalue weighted by molar-refractivity contribution is -0.119. The van der Waals surface area contributed by atoms with Crippen LogP contribution in [0.15, 0.2) is 29.3 Å². The smallest absolute Gasteiger partial charge is 0.230 e. The minimum Gasteiger partial charge on any atom is -0.383 e. The van der Waals surface area contributed by atoms with E-state index in [-0.39, 0.29) is 34.6 Å². The van der Waals surface area contributed by atoms with Crippen LogP contribution in [0, 0.1) is 22.7 Å². The van der Waals surface area contributed by atoms with Gasteiger partial charge in [0, 0.05) is 0 Å². The Morgan fingerprint density at radius 2 is 1.96 bits per heavy atom. The molecule has 6 nitrogen and oxygen atoms in total. The van der Waals surface area contributed by atoms with Crippen LogP contribution in [0.5, 0.6) is 0 Å². The quantitative estimate of drug-likeness (QED) is 0.732. The molecule has 0 saturated heterocycles. The SMILES string of the molecule is C[C@@H](NC(=O)CSc1nc(N)c(C#N)cc1C#N)c1ccc(Cl)c(Cl)c1. The number of hydrogen-bond acceptors (Lipinski definition) is 6. The van der Waals surface area contributed by atoms with Gasteiger partial charge in [-0.25, -0.2) is 4.98 Å². The number of amides is 1. The summed E-state index contributed by atoms with van der Waals surface area (Å²) in [4.78, 5) is 16.2. The van der Waals surface area contributed by atoms with E-state index in [1.807, 2.05) is 19.1 Å². The lowest BCUT2D eigenvalue weighted by Gasteiger charge is -2.15. The molecule has 1 heterocycles. The van der Waals surface area contributed by atoms with Gasteiger partial charge in [0.2, 0.25) is 5.91 Å². The van der Waals surface area contributed by atoms with E-state index in [9.17, 15) is 4.79 Å². The Labute approximate surface area is 164 Å². The van der Waals surface area contributed by atoms with Crippen molar-refractivity contribution in [2.24, 2.45) is 0 Å². The molecule has 0 aliphatic rings. The Morgan fingerprint density at radius 3 is 2.58 bits per heavy atom. The van der Waals surface area contributed by atoms with E-state index in [4.69, 9.17) is 39.5 Å². The maximum atomic E-state index is 12.2. The maximum absolute atomic E-state index is 12.2. The van der Waals surface area contributed by atoms with Crippen molar-refractivity contribution in [1.29, 1.82) is 10.5 Å². The maximum Gasteiger partial charge on any atom is 0.230 e. The molecule has 9 heteroatoms. The Hall–Kier alpha value is -2.45. The summed E-state index contributed by atoms with van der Waals surface area (Å²) in [5.41, 5.74) is 6.81. The standard InChI is InChI=1S/C17H13Cl2N5OS/c1-9(10-2-3-13(18)14(19)5-10)23-15(25)8-26-17-12(7-21)4-11(6-20)16(22)24-17/h2-5,9H,8H2,1H3,(H2,22,24)(H,23,25)/t9-/m1/s1. The number of aromatic nitrogens is 1. The number of carbonyl (C=O) groups is 1. The fraction of sp³-hybridized carbons (Fsp3) is 0.176. The Bertz CT molecular complexity index is 936. The van der Waals surface area contributed by atoms with Gasteiger partial charge in [-0.1, -0.05) is 41.0 Å². The fourth-order valence-corrected chi connectivity index (χ4v) is 3.15. The number of nitrogens with zero attached hydrogens (tertiary/aromatic N) is 3. The molecule has 0 fully saturated rings. The molecule has 132 valence electrons. The molecule has 2 rings (SSSR count). The van der Waals surface area contributed by atoms with E-state index in [0.717, 1.165) is 17.3 Å². The van der Waals surface area contributed by atoms with Gasteiger partial charge in [0.05, 0.1) is 33.0 Å². The van der Waals surface area contributed by atoms with Crippen molar-refractivity contribution in [3.05, 3.63) is 51.0 Å². The van der Waals surface area contributed by atoms with Crippen molar-refractivity contribution in [2.75, 3.05) is 11.5 Å². The first kappa shape index (κ1) is 19.9. The third-order valence-electron chi connectivity index (χ3n) is 3.42. The minimum atomic E-state index is -0.271. The number of benzene rings is 1. The first-order valence-corrected chi connectivity index (χ1v) is 9.07. The van der Waals surface area contributed by atoms with Gasteiger partial charge in [0.1, 0.15) is 23.0 Å². The summed E-state index contributed by atoms with van der Waals surface area (Å²) < 4.78 is 0. The number of pyridine rings is 1. The number of thioether (sulfide) groups is 1. The third-order valence-corrected chi connectivity index (χ3v) is 5.15. The second-order valence-electron chi connectivity index (χ2n) is 5.25. The van der Waals surface area contributed by atoms with Gasteiger partial charge >= 0.3 is 0 Å². The number of nitriles is 2. The second kappa shape index (κ2) is 8.77. The van der Waals surface area contributed by atoms with E-state index < -0.39 is 0 Å². The number of nitrogen functional groups attached to an aromatic ring is 1. The van der Waals surface area contributed by atoms with Crippen LogP contribution in [0.2, 0.25) is 10.0 Å². The normalized spacial score (nSPS) is 11.3. The molecular weight excluding hydrogens is 393 g/mol. The van der Waals surface area contributed by atoms with Crippen LogP contribution in [0.25, 0.3) is 0 Å². The summed E-state index contributed by atoms with van der Waals surface area (Å²) in [6.07, 6.45) is 0. The molecule has 0 aliphatic carbocycles. The van der Waals surface area contributed by atoms with E-state index >= 15 is 0 Å². The molecule has 0 saturated carbocycles. The van der Waals surface area contributed by atoms with Crippen LogP contribution < -0.4 is 11.1 Å². The van der Waals surface area contributed by atoms with Crippen LogP contribution in [0.1, 0.15) is 29.7 Å². The lowest BCUT2D eigenvalue weighted by Crippen LogP contribution is -2.28. The molecule has 1 aromatic heterocycles. The summed E-state index contributed by atoms with van der Waals surface area (Å²) in [6.45, 7) is 1.82. The third kappa shape index (κ3) is 4.80. The highest BCUT2D eigenvalue weighted by atomic mass is 35.5. The number of halogens is 2. The van der Waals surface area contributed by atoms with E-state index in [1.165, 1.54) is 6.07 Å². The summed E-state index contributed by atoms with van der Waals surface area (Å²) in [5.74, 6) is -0.181. The molecule has 1 atom stereocenters. The second-order valence-corrected chi connectivity index (χ2v) is 7.03. The van der Waals surface area contributed by atoms with Gasteiger partial charge in [-0.3, -0.25) is 4.79 Å². The van der Waals surface area contributed by atoms with Gasteiger partial charge in [0.15, 0.2) is 0 Å². The highest BCUT2D eigenvalue weighted by molar-refractivity contribution is 8.00. The summed E-state index contributed by atoms with van der Waals surface area (Å²) in [6, 6.07) is 10.0. The van der Waals surface area contributed by atoms with Crippen LogP contribution in [-0.2, 0) is 4.79 Å². The molecule has 26 heavy (non-hydrogen) atoms. The summed E-state index contributed by atoms with van der Waals surface area (Å²) in [5, 5.41) is 22.1. The van der Waals surface area contributed by atoms with E-state index in [2.05, 4.69) is 10.3 Å². The average molecular weight is 406 g/mol. The minimum absolute atomic E-state index is 0.0265. The van der Waals surface area contributed by atoms with Crippen LogP contribution in [-0.4, -0.2) is 16.6 Å². The van der Waals surface area contributed by atoms with E-state index in [1.54, 1.807) is 18.2 Å². The molecule has 3 N–H and O–H groups in total. The molecule has 0 bridgehead atoms. The molecule has 1 aromatic carbocycles. The molecule has 0 spiro atoms. The Balaban J connectivity index is 2.03. The van der Waals surface area contributed by atoms with Crippen LogP contribution in [0.4, 0.5) is 5.82 Å². The average Bonchev–Trinajstić information content (AvgIpc) is 2.62. The van der Waals surface area contributed by atoms with Crippen molar-refractivity contribution < 1.29 is 4.79 Å². The molecular formula is C17H13Cl2N5OS. The van der Waals surface area contributed by atoms with Crippen molar-refractivity contribution in [2.45, 2.75) is 18.0 Å². The Morgan fingerprint density at radius 1 is 1.27 bits per heavy atom. The number of rotatable bonds is 5. The number of nitrogens with two attached hydrogens (primary N) is 1. The van der Waals surface area contributed by atoms with Crippen molar-refractivity contribution in [3.8, 4) is 12.1 Å². The van der Waals surface area contributed by atoms with Crippen molar-refractivity contribution in [1.82, 2.24) is 10.3 Å². The van der Waals surface area contributed by atoms with Crippen molar-refractivity contribution >= 4 is 46.7 Å². The molecule has 0 unspecified atom stereocenters. The predicted molar refractivity (Wildman–Crippen MR) is 102 cm³/mol. The van der Waals surface area contributed by atoms with Crippen LogP contribution in [0.3, 0.4) is 0 Å². The van der Waals surface area contributed by atoms with Gasteiger partial charge in [-0.05, 0) is 30.7 Å². The fourth-order valence-electron chi connectivity index (χ4n) is 2.07. The van der Waals surface area contributed by atoms with Crippen LogP contribution >= 0.6 is 35.0 Å².